The number of hydrogen-bond donors (Lipinski definition) is 1. The van der Waals surface area contributed by atoms with Crippen molar-refractivity contribution >= 4 is 27.5 Å². The third-order valence-corrected chi connectivity index (χ3v) is 3.58. The molecule has 0 saturated carbocycles. The topological polar surface area (TPSA) is 26.0 Å². The van der Waals surface area contributed by atoms with E-state index in [9.17, 15) is 8.78 Å². The van der Waals surface area contributed by atoms with Crippen LogP contribution >= 0.6 is 27.5 Å². The Bertz CT molecular complexity index is 604. The lowest BCUT2D eigenvalue weighted by Crippen LogP contribution is -2.15. The first-order chi connectivity index (χ1) is 8.97. The Morgan fingerprint density at radius 3 is 2.47 bits per heavy atom. The van der Waals surface area contributed by atoms with Gasteiger partial charge < -0.3 is 5.73 Å². The van der Waals surface area contributed by atoms with Gasteiger partial charge in [-0.3, -0.25) is 0 Å². The summed E-state index contributed by atoms with van der Waals surface area (Å²) >= 11 is 8.98. The highest BCUT2D eigenvalue weighted by molar-refractivity contribution is 9.10. The summed E-state index contributed by atoms with van der Waals surface area (Å²) in [6.07, 6.45) is 0.382. The molecule has 2 aromatic rings. The predicted molar refractivity (Wildman–Crippen MR) is 76.1 cm³/mol. The van der Waals surface area contributed by atoms with Gasteiger partial charge in [-0.15, -0.1) is 0 Å². The van der Waals surface area contributed by atoms with Crippen molar-refractivity contribution in [2.75, 3.05) is 0 Å². The van der Waals surface area contributed by atoms with Crippen LogP contribution in [0.25, 0.3) is 0 Å². The maximum atomic E-state index is 13.7. The number of rotatable bonds is 3. The average molecular weight is 347 g/mol. The first-order valence-electron chi connectivity index (χ1n) is 5.62. The van der Waals surface area contributed by atoms with E-state index in [-0.39, 0.29) is 10.8 Å². The highest BCUT2D eigenvalue weighted by atomic mass is 79.9. The minimum Gasteiger partial charge on any atom is -0.324 e. The zero-order valence-electron chi connectivity index (χ0n) is 9.84. The summed E-state index contributed by atoms with van der Waals surface area (Å²) in [7, 11) is 0. The van der Waals surface area contributed by atoms with Crippen molar-refractivity contribution in [2.45, 2.75) is 12.5 Å². The lowest BCUT2D eigenvalue weighted by atomic mass is 9.99. The van der Waals surface area contributed by atoms with Crippen LogP contribution in [0.3, 0.4) is 0 Å². The smallest absolute Gasteiger partial charge is 0.141 e. The fraction of sp³-hybridized carbons (Fsp3) is 0.143. The van der Waals surface area contributed by atoms with Crippen molar-refractivity contribution in [1.82, 2.24) is 0 Å². The van der Waals surface area contributed by atoms with Crippen molar-refractivity contribution in [1.29, 1.82) is 0 Å². The quantitative estimate of drug-likeness (QED) is 0.862. The molecule has 0 aliphatic heterocycles. The molecular formula is C14H11BrClF2N. The SMILES string of the molecule is NC(Cc1ccc(F)c(Cl)c1)c1cc(Br)ccc1F. The second-order valence-electron chi connectivity index (χ2n) is 4.22. The standard InChI is InChI=1S/C14H11BrClF2N/c15-9-2-4-12(17)10(7-9)14(19)6-8-1-3-13(18)11(16)5-8/h1-5,7,14H,6,19H2. The van der Waals surface area contributed by atoms with Gasteiger partial charge in [0.25, 0.3) is 0 Å². The number of hydrogen-bond acceptors (Lipinski definition) is 1. The van der Waals surface area contributed by atoms with Crippen molar-refractivity contribution in [3.63, 3.8) is 0 Å². The molecule has 100 valence electrons. The van der Waals surface area contributed by atoms with Gasteiger partial charge in [-0.05, 0) is 42.3 Å². The van der Waals surface area contributed by atoms with Gasteiger partial charge in [0.05, 0.1) is 5.02 Å². The maximum Gasteiger partial charge on any atom is 0.141 e. The van der Waals surface area contributed by atoms with Crippen LogP contribution in [0, 0.1) is 11.6 Å². The van der Waals surface area contributed by atoms with Crippen LogP contribution in [0.1, 0.15) is 17.2 Å². The zero-order chi connectivity index (χ0) is 14.0. The minimum atomic E-state index is -0.515. The number of benzene rings is 2. The van der Waals surface area contributed by atoms with Crippen molar-refractivity contribution < 1.29 is 8.78 Å². The molecule has 5 heteroatoms. The van der Waals surface area contributed by atoms with E-state index in [0.717, 1.165) is 10.0 Å². The highest BCUT2D eigenvalue weighted by Gasteiger charge is 2.13. The largest absolute Gasteiger partial charge is 0.324 e. The molecule has 2 N–H and O–H groups in total. The van der Waals surface area contributed by atoms with Crippen molar-refractivity contribution in [3.8, 4) is 0 Å². The third kappa shape index (κ3) is 3.53. The van der Waals surface area contributed by atoms with E-state index in [0.29, 0.717) is 12.0 Å². The molecule has 0 aromatic heterocycles. The first-order valence-corrected chi connectivity index (χ1v) is 6.79. The van der Waals surface area contributed by atoms with Crippen LogP contribution in [0.2, 0.25) is 5.02 Å². The van der Waals surface area contributed by atoms with E-state index in [4.69, 9.17) is 17.3 Å². The molecule has 2 aromatic carbocycles. The Kier molecular flexibility index (Phi) is 4.55. The Morgan fingerprint density at radius 2 is 1.79 bits per heavy atom. The molecule has 1 unspecified atom stereocenters. The molecule has 0 aliphatic rings. The number of halogens is 4. The lowest BCUT2D eigenvalue weighted by molar-refractivity contribution is 0.579. The molecule has 0 bridgehead atoms. The molecule has 0 radical (unpaired) electrons. The lowest BCUT2D eigenvalue weighted by Gasteiger charge is -2.14. The molecule has 1 atom stereocenters. The van der Waals surface area contributed by atoms with Gasteiger partial charge in [0.15, 0.2) is 0 Å². The van der Waals surface area contributed by atoms with Gasteiger partial charge in [-0.1, -0.05) is 33.6 Å². The van der Waals surface area contributed by atoms with Crippen LogP contribution in [0.15, 0.2) is 40.9 Å². The molecular weight excluding hydrogens is 336 g/mol. The fourth-order valence-electron chi connectivity index (χ4n) is 1.83. The van der Waals surface area contributed by atoms with Crippen molar-refractivity contribution in [3.05, 3.63) is 68.7 Å². The van der Waals surface area contributed by atoms with E-state index in [1.54, 1.807) is 18.2 Å². The van der Waals surface area contributed by atoms with Gasteiger partial charge in [-0.25, -0.2) is 8.78 Å². The zero-order valence-corrected chi connectivity index (χ0v) is 12.2. The summed E-state index contributed by atoms with van der Waals surface area (Å²) in [5.41, 5.74) is 7.16. The van der Waals surface area contributed by atoms with E-state index < -0.39 is 11.9 Å². The second kappa shape index (κ2) is 5.99. The monoisotopic (exact) mass is 345 g/mol. The van der Waals surface area contributed by atoms with Gasteiger partial charge in [0.1, 0.15) is 11.6 Å². The molecule has 0 heterocycles. The van der Waals surface area contributed by atoms with Gasteiger partial charge >= 0.3 is 0 Å². The summed E-state index contributed by atoms with van der Waals surface area (Å²) in [5, 5.41) is 0.0411. The van der Waals surface area contributed by atoms with Gasteiger partial charge in [0, 0.05) is 16.1 Å². The Labute approximate surface area is 123 Å². The van der Waals surface area contributed by atoms with E-state index in [1.807, 2.05) is 0 Å². The summed E-state index contributed by atoms with van der Waals surface area (Å²) in [6.45, 7) is 0. The van der Waals surface area contributed by atoms with E-state index >= 15 is 0 Å². The Morgan fingerprint density at radius 1 is 1.11 bits per heavy atom. The molecule has 0 fully saturated rings. The van der Waals surface area contributed by atoms with Crippen LogP contribution in [0.5, 0.6) is 0 Å². The average Bonchev–Trinajstić information content (AvgIpc) is 2.36. The normalized spacial score (nSPS) is 12.5. The Hall–Kier alpha value is -0.970. The van der Waals surface area contributed by atoms with E-state index in [2.05, 4.69) is 15.9 Å². The molecule has 0 aliphatic carbocycles. The maximum absolute atomic E-state index is 13.7. The van der Waals surface area contributed by atoms with Gasteiger partial charge in [-0.2, -0.15) is 0 Å². The van der Waals surface area contributed by atoms with Crippen molar-refractivity contribution in [2.24, 2.45) is 5.73 Å². The molecule has 0 amide bonds. The van der Waals surface area contributed by atoms with Crippen LogP contribution in [-0.4, -0.2) is 0 Å². The third-order valence-electron chi connectivity index (χ3n) is 2.80. The molecule has 0 saturated heterocycles. The summed E-state index contributed by atoms with van der Waals surface area (Å²) < 4.78 is 27.5. The summed E-state index contributed by atoms with van der Waals surface area (Å²) in [4.78, 5) is 0. The molecule has 0 spiro atoms. The summed E-state index contributed by atoms with van der Waals surface area (Å²) in [5.74, 6) is -0.837. The number of nitrogens with two attached hydrogens (primary N) is 1. The summed E-state index contributed by atoms with van der Waals surface area (Å²) in [6, 6.07) is 8.48. The Balaban J connectivity index is 2.22. The minimum absolute atomic E-state index is 0.0411. The molecule has 19 heavy (non-hydrogen) atoms. The second-order valence-corrected chi connectivity index (χ2v) is 5.55. The van der Waals surface area contributed by atoms with Crippen LogP contribution in [-0.2, 0) is 6.42 Å². The highest BCUT2D eigenvalue weighted by Crippen LogP contribution is 2.24. The van der Waals surface area contributed by atoms with Crippen LogP contribution < -0.4 is 5.73 Å². The van der Waals surface area contributed by atoms with Gasteiger partial charge in [0.2, 0.25) is 0 Å². The molecule has 2 rings (SSSR count). The van der Waals surface area contributed by atoms with Crippen LogP contribution in [0.4, 0.5) is 8.78 Å². The predicted octanol–water partition coefficient (Wildman–Crippen LogP) is 4.62. The molecule has 1 nitrogen and oxygen atoms in total. The fourth-order valence-corrected chi connectivity index (χ4v) is 2.41. The van der Waals surface area contributed by atoms with E-state index in [1.165, 1.54) is 18.2 Å². The first kappa shape index (κ1) is 14.4.